The van der Waals surface area contributed by atoms with Gasteiger partial charge < -0.3 is 63.0 Å². The van der Waals surface area contributed by atoms with Gasteiger partial charge >= 0.3 is 5.97 Å². The Morgan fingerprint density at radius 2 is 1.76 bits per heavy atom. The summed E-state index contributed by atoms with van der Waals surface area (Å²) in [5.41, 5.74) is 4.34. The number of methoxy groups -OCH3 is 2. The van der Waals surface area contributed by atoms with Gasteiger partial charge in [-0.2, -0.15) is 0 Å². The predicted molar refractivity (Wildman–Crippen MR) is 258 cm³/mol. The molecular weight excluding hydrogens is 927 g/mol. The molecule has 2 bridgehead atoms. The maximum absolute atomic E-state index is 14.5. The van der Waals surface area contributed by atoms with Crippen LogP contribution in [0.2, 0.25) is 0 Å². The number of allylic oxidation sites excluding steroid dienone is 3. The number of hydrogen-bond acceptors (Lipinski definition) is 20. The Hall–Kier alpha value is -3.64. The van der Waals surface area contributed by atoms with Gasteiger partial charge in [-0.25, -0.2) is 0 Å². The first-order valence-electron chi connectivity index (χ1n) is 24.5. The normalized spacial score (nSPS) is 37.3. The van der Waals surface area contributed by atoms with Gasteiger partial charge in [0.1, 0.15) is 47.9 Å². The highest BCUT2D eigenvalue weighted by Crippen LogP contribution is 2.36. The van der Waals surface area contributed by atoms with Crippen molar-refractivity contribution in [3.63, 3.8) is 0 Å². The van der Waals surface area contributed by atoms with E-state index in [9.17, 15) is 24.9 Å². The Bertz CT molecular complexity index is 2030. The second-order valence-electron chi connectivity index (χ2n) is 19.3. The van der Waals surface area contributed by atoms with Gasteiger partial charge in [0.05, 0.1) is 68.9 Å². The fourth-order valence-corrected chi connectivity index (χ4v) is 10.5. The maximum atomic E-state index is 14.5. The van der Waals surface area contributed by atoms with Crippen molar-refractivity contribution in [2.45, 2.75) is 153 Å². The zero-order valence-corrected chi connectivity index (χ0v) is 42.9. The van der Waals surface area contributed by atoms with Gasteiger partial charge in [0.25, 0.3) is 0 Å². The van der Waals surface area contributed by atoms with Crippen LogP contribution in [0.15, 0.2) is 52.8 Å². The number of nitrogens with zero attached hydrogens (tertiary/aromatic N) is 5. The number of carbonyl (C=O) groups excluding carboxylic acids is 2. The Kier molecular flexibility index (Phi) is 21.4. The first-order valence-corrected chi connectivity index (χ1v) is 25.4. The van der Waals surface area contributed by atoms with E-state index in [1.807, 2.05) is 45.9 Å². The van der Waals surface area contributed by atoms with Crippen molar-refractivity contribution in [1.82, 2.24) is 20.1 Å². The minimum atomic E-state index is -1.25. The van der Waals surface area contributed by atoms with Crippen LogP contribution in [0.25, 0.3) is 10.7 Å². The molecule has 5 heterocycles. The number of fused-ring (bicyclic) bond motifs is 3. The molecule has 70 heavy (non-hydrogen) atoms. The van der Waals surface area contributed by atoms with E-state index >= 15 is 0 Å². The molecule has 20 heteroatoms. The third kappa shape index (κ3) is 14.7. The SMILES string of the molecule is CC[C@H]1OC(=O)C[C@H]2OC/C(=N/OCc3ccc(-c4nncs4)nc3)COCCC(C[C@@H](C)C(=O)/C=C/C(C)=C/[C@@H]1CO[C@@H]1CC[C@@H](O)[C@@H](OC)[C@H]1OC)[C@H](O[C@@H]1O[C@H](C)[C@@H](O)[C@H](N(C)C)[C@H]1O)[C@H]2C. The highest BCUT2D eigenvalue weighted by molar-refractivity contribution is 7.12. The lowest BCUT2D eigenvalue weighted by Gasteiger charge is -2.47. The van der Waals surface area contributed by atoms with Crippen molar-refractivity contribution < 1.29 is 67.6 Å². The summed E-state index contributed by atoms with van der Waals surface area (Å²) >= 11 is 1.39. The van der Waals surface area contributed by atoms with E-state index in [-0.39, 0.29) is 51.2 Å². The Balaban J connectivity index is 1.31. The van der Waals surface area contributed by atoms with Crippen molar-refractivity contribution in [3.05, 3.63) is 53.2 Å². The van der Waals surface area contributed by atoms with E-state index < -0.39 is 97.1 Å². The Morgan fingerprint density at radius 3 is 2.44 bits per heavy atom. The lowest BCUT2D eigenvalue weighted by Crippen LogP contribution is -2.63. The van der Waals surface area contributed by atoms with Crippen LogP contribution >= 0.6 is 11.3 Å². The van der Waals surface area contributed by atoms with E-state index in [0.717, 1.165) is 11.1 Å². The first kappa shape index (κ1) is 55.7. The first-order chi connectivity index (χ1) is 33.6. The topological polar surface area (TPSA) is 232 Å². The van der Waals surface area contributed by atoms with Crippen LogP contribution < -0.4 is 0 Å². The molecule has 19 nitrogen and oxygen atoms in total. The largest absolute Gasteiger partial charge is 0.462 e. The molecule has 3 aliphatic heterocycles. The quantitative estimate of drug-likeness (QED) is 0.187. The van der Waals surface area contributed by atoms with Gasteiger partial charge in [-0.05, 0) is 78.1 Å². The van der Waals surface area contributed by atoms with E-state index in [2.05, 4.69) is 20.3 Å². The number of carbonyl (C=O) groups is 2. The summed E-state index contributed by atoms with van der Waals surface area (Å²) in [6, 6.07) is 3.01. The van der Waals surface area contributed by atoms with Crippen LogP contribution in [0, 0.1) is 23.7 Å². The van der Waals surface area contributed by atoms with Gasteiger partial charge in [-0.1, -0.05) is 61.1 Å². The number of aliphatic hydroxyl groups is 3. The lowest BCUT2D eigenvalue weighted by atomic mass is 9.79. The van der Waals surface area contributed by atoms with Crippen molar-refractivity contribution in [2.24, 2.45) is 28.8 Å². The molecule has 0 spiro atoms. The number of likely N-dealkylation sites (N-methyl/N-ethyl adjacent to an activating group) is 1. The summed E-state index contributed by atoms with van der Waals surface area (Å²) < 4.78 is 50.4. The number of hydrogen-bond donors (Lipinski definition) is 3. The molecule has 3 fully saturated rings. The van der Waals surface area contributed by atoms with Gasteiger partial charge in [-0.3, -0.25) is 14.6 Å². The van der Waals surface area contributed by atoms with Crippen molar-refractivity contribution in [2.75, 3.05) is 54.7 Å². The number of rotatable bonds is 13. The summed E-state index contributed by atoms with van der Waals surface area (Å²) in [6.07, 6.45) is 0.495. The van der Waals surface area contributed by atoms with E-state index in [1.54, 1.807) is 56.9 Å². The summed E-state index contributed by atoms with van der Waals surface area (Å²) in [6.45, 7) is 9.86. The fraction of sp³-hybridized carbons (Fsp3) is 0.720. The number of ketones is 1. The third-order valence-corrected chi connectivity index (χ3v) is 14.7. The molecule has 16 atom stereocenters. The average Bonchev–Trinajstić information content (AvgIpc) is 3.88. The molecule has 0 radical (unpaired) electrons. The summed E-state index contributed by atoms with van der Waals surface area (Å²) in [7, 11) is 6.65. The molecule has 2 aromatic rings. The van der Waals surface area contributed by atoms with Gasteiger partial charge in [0, 0.05) is 50.3 Å². The number of oxime groups is 1. The monoisotopic (exact) mass is 1000 g/mol. The van der Waals surface area contributed by atoms with Crippen LogP contribution in [0.5, 0.6) is 0 Å². The molecule has 3 N–H and O–H groups in total. The predicted octanol–water partition coefficient (Wildman–Crippen LogP) is 4.32. The smallest absolute Gasteiger partial charge is 0.308 e. The molecular formula is C50H75N5O14S. The molecule has 0 amide bonds. The van der Waals surface area contributed by atoms with E-state index in [1.165, 1.54) is 18.4 Å². The second kappa shape index (κ2) is 26.9. The molecule has 4 aliphatic rings. The fourth-order valence-electron chi connectivity index (χ4n) is 9.96. The zero-order chi connectivity index (χ0) is 50.5. The number of aliphatic hydroxyl groups excluding tert-OH is 3. The summed E-state index contributed by atoms with van der Waals surface area (Å²) in [5.74, 6) is -2.45. The van der Waals surface area contributed by atoms with Crippen molar-refractivity contribution in [1.29, 1.82) is 0 Å². The van der Waals surface area contributed by atoms with E-state index in [0.29, 0.717) is 48.5 Å². The minimum Gasteiger partial charge on any atom is -0.462 e. The van der Waals surface area contributed by atoms with Crippen LogP contribution in [0.4, 0.5) is 0 Å². The number of aromatic nitrogens is 3. The molecule has 2 aromatic heterocycles. The molecule has 390 valence electrons. The molecule has 1 unspecified atom stereocenters. The van der Waals surface area contributed by atoms with Gasteiger partial charge in [0.15, 0.2) is 17.1 Å². The van der Waals surface area contributed by atoms with Gasteiger partial charge in [0.2, 0.25) is 0 Å². The standard InChI is InChI=1S/C50H75N5O14S/c1-10-39-34(24-64-40-16-15-38(57)47(61-8)48(40)62-9)19-28(2)11-14-37(56)29(3)20-33-17-18-63-25-35(54-66-23-32-12-13-36(51-22-32)49-53-52-27-70-49)26-65-41(21-42(58)68-39)30(4)46(33)69-50-45(60)43(55(6)7)44(59)31(5)67-50/h11-14,19,22,27,29-31,33-34,38-41,43-48,50,57,59-60H,10,15-18,20-21,23-26H2,1-9H3/b14-11+,28-19+,54-35+/t29-,30+,31-,33?,34-,38-,39-,40-,41-,43+,44-,45-,46-,47-,48+,50+/m1/s1. The molecule has 1 aliphatic carbocycles. The molecule has 1 saturated carbocycles. The minimum absolute atomic E-state index is 0.0547. The molecule has 2 saturated heterocycles. The lowest BCUT2D eigenvalue weighted by molar-refractivity contribution is -0.305. The summed E-state index contributed by atoms with van der Waals surface area (Å²) in [5, 5.41) is 46.6. The van der Waals surface area contributed by atoms with Crippen molar-refractivity contribution >= 4 is 28.8 Å². The average molecular weight is 1000 g/mol. The number of pyridine rings is 1. The number of ether oxygens (including phenoxy) is 8. The van der Waals surface area contributed by atoms with E-state index in [4.69, 9.17) is 42.7 Å². The Morgan fingerprint density at radius 1 is 0.971 bits per heavy atom. The zero-order valence-electron chi connectivity index (χ0n) is 42.0. The third-order valence-electron chi connectivity index (χ3n) is 14.0. The second-order valence-corrected chi connectivity index (χ2v) is 20.1. The molecule has 0 aromatic carbocycles. The Labute approximate surface area is 415 Å². The maximum Gasteiger partial charge on any atom is 0.308 e. The highest BCUT2D eigenvalue weighted by Gasteiger charge is 2.48. The molecule has 6 rings (SSSR count). The number of cyclic esters (lactones) is 1. The highest BCUT2D eigenvalue weighted by atomic mass is 32.1. The van der Waals surface area contributed by atoms with Crippen LogP contribution in [0.1, 0.15) is 78.7 Å². The van der Waals surface area contributed by atoms with Crippen LogP contribution in [0.3, 0.4) is 0 Å². The van der Waals surface area contributed by atoms with Crippen LogP contribution in [-0.4, -0.2) is 181 Å². The summed E-state index contributed by atoms with van der Waals surface area (Å²) in [4.78, 5) is 40.6. The van der Waals surface area contributed by atoms with Crippen molar-refractivity contribution in [3.8, 4) is 10.7 Å². The van der Waals surface area contributed by atoms with Gasteiger partial charge in [-0.15, -0.1) is 10.2 Å². The number of esters is 1. The van der Waals surface area contributed by atoms with Crippen LogP contribution in [-0.2, 0) is 58.9 Å².